The first-order valence-electron chi connectivity index (χ1n) is 2.22. The molecule has 0 aliphatic carbocycles. The molecule has 1 amide bonds. The third-order valence-corrected chi connectivity index (χ3v) is 0.707. The van der Waals surface area contributed by atoms with Gasteiger partial charge in [-0.25, -0.2) is 0 Å². The Bertz CT molecular complexity index is 133. The number of aliphatic hydroxyl groups excluding tert-OH is 1. The van der Waals surface area contributed by atoms with Gasteiger partial charge in [0.15, 0.2) is 5.76 Å². The van der Waals surface area contributed by atoms with Crippen LogP contribution >= 0.6 is 0 Å². The molecule has 0 aromatic heterocycles. The smallest absolute Gasteiger partial charge is 0.283 e. The van der Waals surface area contributed by atoms with Gasteiger partial charge in [-0.1, -0.05) is 0 Å². The van der Waals surface area contributed by atoms with Crippen LogP contribution in [0.15, 0.2) is 11.3 Å². The Morgan fingerprint density at radius 1 is 1.50 bits per heavy atom. The molecule has 0 atom stereocenters. The minimum absolute atomic E-state index is 0.343. The van der Waals surface area contributed by atoms with Gasteiger partial charge in [-0.15, -0.1) is 0 Å². The summed E-state index contributed by atoms with van der Waals surface area (Å²) in [5, 5.41) is 8.61. The molecule has 0 aliphatic rings. The minimum atomic E-state index is -0.773. The molecule has 3 N–H and O–H groups in total. The zero-order valence-electron chi connectivity index (χ0n) is 4.93. The largest absolute Gasteiger partial charge is 0.503 e. The fraction of sp³-hybridized carbons (Fsp3) is 0.400. The number of amides is 1. The summed E-state index contributed by atoms with van der Waals surface area (Å²) in [7, 11) is 0. The van der Waals surface area contributed by atoms with Gasteiger partial charge in [0.05, 0.1) is 0 Å². The third kappa shape index (κ3) is 1.64. The van der Waals surface area contributed by atoms with E-state index in [9.17, 15) is 4.79 Å². The monoisotopic (exact) mass is 115 g/mol. The minimum Gasteiger partial charge on any atom is -0.503 e. The summed E-state index contributed by atoms with van der Waals surface area (Å²) in [6, 6.07) is 0. The summed E-state index contributed by atoms with van der Waals surface area (Å²) in [5.41, 5.74) is 5.23. The number of carbonyl (C=O) groups excluding carboxylic acids is 1. The summed E-state index contributed by atoms with van der Waals surface area (Å²) in [4.78, 5) is 10.1. The highest BCUT2D eigenvalue weighted by Crippen LogP contribution is 1.95. The Morgan fingerprint density at radius 3 is 1.88 bits per heavy atom. The number of allylic oxidation sites excluding steroid dienone is 1. The highest BCUT2D eigenvalue weighted by molar-refractivity contribution is 5.89. The van der Waals surface area contributed by atoms with E-state index in [1.165, 1.54) is 0 Å². The van der Waals surface area contributed by atoms with Gasteiger partial charge in [0, 0.05) is 0 Å². The molecule has 0 aromatic rings. The second kappa shape index (κ2) is 2.35. The lowest BCUT2D eigenvalue weighted by Crippen LogP contribution is -2.14. The molecular weight excluding hydrogens is 106 g/mol. The fourth-order valence-electron chi connectivity index (χ4n) is 0.246. The molecule has 0 aliphatic heterocycles. The van der Waals surface area contributed by atoms with Gasteiger partial charge in [0.1, 0.15) is 0 Å². The highest BCUT2D eigenvalue weighted by Gasteiger charge is 2.00. The van der Waals surface area contributed by atoms with Gasteiger partial charge in [-0.3, -0.25) is 4.79 Å². The first-order chi connectivity index (χ1) is 3.55. The third-order valence-electron chi connectivity index (χ3n) is 0.707. The number of primary amides is 1. The summed E-state index contributed by atoms with van der Waals surface area (Å²) in [6.45, 7) is 3.22. The molecule has 0 unspecified atom stereocenters. The van der Waals surface area contributed by atoms with Crippen molar-refractivity contribution in [3.8, 4) is 0 Å². The molecular formula is C5H9NO2. The quantitative estimate of drug-likeness (QED) is 0.382. The van der Waals surface area contributed by atoms with Crippen LogP contribution < -0.4 is 5.73 Å². The normalized spacial score (nSPS) is 8.25. The molecule has 0 saturated heterocycles. The van der Waals surface area contributed by atoms with Crippen molar-refractivity contribution >= 4 is 5.91 Å². The Balaban J connectivity index is 4.23. The van der Waals surface area contributed by atoms with Crippen molar-refractivity contribution in [1.29, 1.82) is 0 Å². The molecule has 0 rings (SSSR count). The van der Waals surface area contributed by atoms with Crippen LogP contribution in [0.1, 0.15) is 13.8 Å². The first kappa shape index (κ1) is 7.01. The van der Waals surface area contributed by atoms with E-state index >= 15 is 0 Å². The number of hydrogen-bond donors (Lipinski definition) is 2. The fourth-order valence-corrected chi connectivity index (χ4v) is 0.246. The standard InChI is InChI=1S/C5H9NO2/c1-3(2)4(7)5(6)8/h7H,1-2H3,(H2,6,8). The molecule has 0 bridgehead atoms. The van der Waals surface area contributed by atoms with Crippen molar-refractivity contribution in [2.24, 2.45) is 5.73 Å². The predicted octanol–water partition coefficient (Wildman–Crippen LogP) is 0.324. The van der Waals surface area contributed by atoms with Crippen LogP contribution in [0.3, 0.4) is 0 Å². The molecule has 0 aromatic carbocycles. The Labute approximate surface area is 47.8 Å². The van der Waals surface area contributed by atoms with Crippen molar-refractivity contribution in [3.05, 3.63) is 11.3 Å². The molecule has 3 heteroatoms. The molecule has 0 saturated carbocycles. The highest BCUT2D eigenvalue weighted by atomic mass is 16.3. The van der Waals surface area contributed by atoms with Gasteiger partial charge in [-0.05, 0) is 19.4 Å². The number of aliphatic hydroxyl groups is 1. The second-order valence-corrected chi connectivity index (χ2v) is 1.71. The average molecular weight is 115 g/mol. The van der Waals surface area contributed by atoms with Crippen molar-refractivity contribution in [1.82, 2.24) is 0 Å². The van der Waals surface area contributed by atoms with Crippen LogP contribution in [0.2, 0.25) is 0 Å². The van der Waals surface area contributed by atoms with E-state index in [-0.39, 0.29) is 5.76 Å². The zero-order chi connectivity index (χ0) is 6.73. The van der Waals surface area contributed by atoms with Gasteiger partial charge < -0.3 is 10.8 Å². The van der Waals surface area contributed by atoms with Crippen LogP contribution in [0.25, 0.3) is 0 Å². The van der Waals surface area contributed by atoms with Crippen molar-refractivity contribution in [2.45, 2.75) is 13.8 Å². The van der Waals surface area contributed by atoms with E-state index in [1.54, 1.807) is 13.8 Å². The van der Waals surface area contributed by atoms with Crippen LogP contribution in [-0.2, 0) is 4.79 Å². The lowest BCUT2D eigenvalue weighted by atomic mass is 10.3. The van der Waals surface area contributed by atoms with Gasteiger partial charge in [0.25, 0.3) is 5.91 Å². The number of hydrogen-bond acceptors (Lipinski definition) is 2. The van der Waals surface area contributed by atoms with E-state index < -0.39 is 5.91 Å². The van der Waals surface area contributed by atoms with Crippen molar-refractivity contribution in [3.63, 3.8) is 0 Å². The van der Waals surface area contributed by atoms with Gasteiger partial charge >= 0.3 is 0 Å². The van der Waals surface area contributed by atoms with E-state index in [0.717, 1.165) is 0 Å². The SMILES string of the molecule is CC(C)=C(O)C(N)=O. The van der Waals surface area contributed by atoms with Crippen LogP contribution in [-0.4, -0.2) is 11.0 Å². The van der Waals surface area contributed by atoms with Gasteiger partial charge in [-0.2, -0.15) is 0 Å². The van der Waals surface area contributed by atoms with Crippen LogP contribution in [0.5, 0.6) is 0 Å². The second-order valence-electron chi connectivity index (χ2n) is 1.71. The number of rotatable bonds is 1. The molecule has 46 valence electrons. The molecule has 8 heavy (non-hydrogen) atoms. The maximum Gasteiger partial charge on any atom is 0.283 e. The number of nitrogens with two attached hydrogens (primary N) is 1. The van der Waals surface area contributed by atoms with Crippen molar-refractivity contribution in [2.75, 3.05) is 0 Å². The maximum absolute atomic E-state index is 10.1. The molecule has 0 fully saturated rings. The van der Waals surface area contributed by atoms with E-state index in [0.29, 0.717) is 5.57 Å². The van der Waals surface area contributed by atoms with E-state index in [1.807, 2.05) is 0 Å². The maximum atomic E-state index is 10.1. The van der Waals surface area contributed by atoms with Gasteiger partial charge in [0.2, 0.25) is 0 Å². The predicted molar refractivity (Wildman–Crippen MR) is 30.2 cm³/mol. The summed E-state index contributed by atoms with van der Waals surface area (Å²) < 4.78 is 0. The summed E-state index contributed by atoms with van der Waals surface area (Å²) >= 11 is 0. The molecule has 0 heterocycles. The molecule has 0 radical (unpaired) electrons. The zero-order valence-corrected chi connectivity index (χ0v) is 4.93. The van der Waals surface area contributed by atoms with Crippen LogP contribution in [0, 0.1) is 0 Å². The molecule has 3 nitrogen and oxygen atoms in total. The Kier molecular flexibility index (Phi) is 2.06. The molecule has 0 spiro atoms. The number of carbonyl (C=O) groups is 1. The van der Waals surface area contributed by atoms with E-state index in [4.69, 9.17) is 10.8 Å². The lowest BCUT2D eigenvalue weighted by molar-refractivity contribution is -0.117. The first-order valence-corrected chi connectivity index (χ1v) is 2.22. The lowest BCUT2D eigenvalue weighted by Gasteiger charge is -1.92. The Morgan fingerprint density at radius 2 is 1.88 bits per heavy atom. The topological polar surface area (TPSA) is 63.3 Å². The summed E-state index contributed by atoms with van der Waals surface area (Å²) in [6.07, 6.45) is 0. The summed E-state index contributed by atoms with van der Waals surface area (Å²) in [5.74, 6) is -1.12. The van der Waals surface area contributed by atoms with E-state index in [2.05, 4.69) is 0 Å². The Hall–Kier alpha value is -0.990. The van der Waals surface area contributed by atoms with Crippen LogP contribution in [0.4, 0.5) is 0 Å². The van der Waals surface area contributed by atoms with Crippen molar-refractivity contribution < 1.29 is 9.90 Å². The average Bonchev–Trinajstić information content (AvgIpc) is 1.64.